The topological polar surface area (TPSA) is 38.6 Å². The summed E-state index contributed by atoms with van der Waals surface area (Å²) in [7, 11) is 0. The Labute approximate surface area is 307 Å². The summed E-state index contributed by atoms with van der Waals surface area (Å²) in [6.07, 6.45) is 3.98. The van der Waals surface area contributed by atoms with Crippen LogP contribution in [0.1, 0.15) is 36.5 Å². The molecule has 3 heterocycles. The number of allylic oxidation sites excluding steroid dienone is 3. The summed E-state index contributed by atoms with van der Waals surface area (Å²) in [5.41, 5.74) is 16.2. The SMILES string of the molecule is CCC1=C(c2ccc(-c3ccc4oc5ccccc5c4c3)cc2-c2ccc3oc4ccccc4c3c2)C=C(c2ccccc2)N=C(c2ccccc2)C1. The monoisotopic (exact) mass is 681 g/mol. The van der Waals surface area contributed by atoms with E-state index in [4.69, 9.17) is 13.8 Å². The summed E-state index contributed by atoms with van der Waals surface area (Å²) in [4.78, 5) is 5.39. The van der Waals surface area contributed by atoms with Gasteiger partial charge in [0, 0.05) is 33.5 Å². The lowest BCUT2D eigenvalue weighted by molar-refractivity contribution is 0.668. The van der Waals surface area contributed by atoms with Gasteiger partial charge in [-0.25, -0.2) is 0 Å². The lowest BCUT2D eigenvalue weighted by Crippen LogP contribution is -2.03. The van der Waals surface area contributed by atoms with Gasteiger partial charge in [0.05, 0.1) is 11.4 Å². The first-order valence-corrected chi connectivity index (χ1v) is 18.3. The van der Waals surface area contributed by atoms with Crippen LogP contribution >= 0.6 is 0 Å². The summed E-state index contributed by atoms with van der Waals surface area (Å²) in [6, 6.07) is 57.8. The second-order valence-electron chi connectivity index (χ2n) is 13.7. The molecule has 0 aliphatic carbocycles. The molecule has 3 heteroatoms. The smallest absolute Gasteiger partial charge is 0.135 e. The highest BCUT2D eigenvalue weighted by Crippen LogP contribution is 2.42. The molecule has 252 valence electrons. The van der Waals surface area contributed by atoms with Crippen LogP contribution in [0.2, 0.25) is 0 Å². The van der Waals surface area contributed by atoms with Gasteiger partial charge in [0.2, 0.25) is 0 Å². The van der Waals surface area contributed by atoms with E-state index in [0.29, 0.717) is 0 Å². The molecule has 0 atom stereocenters. The normalized spacial score (nSPS) is 13.5. The van der Waals surface area contributed by atoms with Gasteiger partial charge >= 0.3 is 0 Å². The molecule has 0 saturated carbocycles. The van der Waals surface area contributed by atoms with Crippen molar-refractivity contribution in [1.29, 1.82) is 0 Å². The molecule has 0 radical (unpaired) electrons. The Morgan fingerprint density at radius 2 is 0.981 bits per heavy atom. The van der Waals surface area contributed by atoms with Crippen LogP contribution in [-0.4, -0.2) is 5.71 Å². The highest BCUT2D eigenvalue weighted by Gasteiger charge is 2.21. The maximum absolute atomic E-state index is 6.28. The van der Waals surface area contributed by atoms with Crippen LogP contribution in [0.25, 0.3) is 77.4 Å². The molecule has 0 fully saturated rings. The first kappa shape index (κ1) is 31.1. The molecule has 0 saturated heterocycles. The molecule has 1 aliphatic heterocycles. The van der Waals surface area contributed by atoms with Crippen molar-refractivity contribution in [3.63, 3.8) is 0 Å². The maximum Gasteiger partial charge on any atom is 0.135 e. The first-order valence-electron chi connectivity index (χ1n) is 18.3. The van der Waals surface area contributed by atoms with E-state index in [2.05, 4.69) is 153 Å². The predicted molar refractivity (Wildman–Crippen MR) is 221 cm³/mol. The largest absolute Gasteiger partial charge is 0.456 e. The summed E-state index contributed by atoms with van der Waals surface area (Å²) >= 11 is 0. The summed E-state index contributed by atoms with van der Waals surface area (Å²) < 4.78 is 12.5. The molecule has 9 aromatic rings. The molecule has 0 N–H and O–H groups in total. The van der Waals surface area contributed by atoms with E-state index in [9.17, 15) is 0 Å². The van der Waals surface area contributed by atoms with Crippen molar-refractivity contribution in [1.82, 2.24) is 0 Å². The summed E-state index contributed by atoms with van der Waals surface area (Å²) in [6.45, 7) is 2.27. The maximum atomic E-state index is 6.28. The van der Waals surface area contributed by atoms with E-state index < -0.39 is 0 Å². The van der Waals surface area contributed by atoms with Gasteiger partial charge in [0.1, 0.15) is 22.3 Å². The second kappa shape index (κ2) is 12.8. The standard InChI is InChI=1S/C50H35NO2/c1-2-32-30-45(33-13-5-3-6-14-33)51-46(34-15-7-4-8-16-34)31-42(32)38-24-21-35(36-22-25-49-43(28-36)39-17-9-11-19-47(39)52-49)27-41(38)37-23-26-50-44(29-37)40-18-10-12-20-48(40)53-50/h3-29,31H,2,30H2,1H3. The van der Waals surface area contributed by atoms with Gasteiger partial charge in [-0.05, 0) is 93.9 Å². The third-order valence-electron chi connectivity index (χ3n) is 10.6. The Hall–Kier alpha value is -6.71. The Bertz CT molecular complexity index is 2940. The number of hydrogen-bond acceptors (Lipinski definition) is 3. The number of furan rings is 2. The zero-order valence-corrected chi connectivity index (χ0v) is 29.3. The molecule has 1 aliphatic rings. The lowest BCUT2D eigenvalue weighted by Gasteiger charge is -2.17. The van der Waals surface area contributed by atoms with Crippen LogP contribution in [0.3, 0.4) is 0 Å². The van der Waals surface area contributed by atoms with Crippen LogP contribution in [0.5, 0.6) is 0 Å². The van der Waals surface area contributed by atoms with Crippen LogP contribution < -0.4 is 0 Å². The zero-order valence-electron chi connectivity index (χ0n) is 29.3. The molecule has 0 spiro atoms. The molecular weight excluding hydrogens is 647 g/mol. The molecule has 0 unspecified atom stereocenters. The van der Waals surface area contributed by atoms with E-state index in [1.165, 1.54) is 22.3 Å². The van der Waals surface area contributed by atoms with Crippen LogP contribution in [0.4, 0.5) is 0 Å². The van der Waals surface area contributed by atoms with Gasteiger partial charge in [0.25, 0.3) is 0 Å². The Balaban J connectivity index is 1.21. The Kier molecular flexibility index (Phi) is 7.51. The van der Waals surface area contributed by atoms with Crippen molar-refractivity contribution in [2.75, 3.05) is 0 Å². The van der Waals surface area contributed by atoms with E-state index >= 15 is 0 Å². The molecular formula is C50H35NO2. The fourth-order valence-electron chi connectivity index (χ4n) is 7.89. The van der Waals surface area contributed by atoms with Gasteiger partial charge < -0.3 is 8.83 Å². The minimum absolute atomic E-state index is 0.763. The minimum atomic E-state index is 0.763. The molecule has 7 aromatic carbocycles. The summed E-state index contributed by atoms with van der Waals surface area (Å²) in [5.74, 6) is 0. The molecule has 2 aromatic heterocycles. The number of para-hydroxylation sites is 2. The van der Waals surface area contributed by atoms with Gasteiger partial charge in [-0.3, -0.25) is 4.99 Å². The average Bonchev–Trinajstić information content (AvgIpc) is 3.72. The highest BCUT2D eigenvalue weighted by atomic mass is 16.3. The first-order chi connectivity index (χ1) is 26.2. The third kappa shape index (κ3) is 5.49. The Morgan fingerprint density at radius 3 is 1.64 bits per heavy atom. The van der Waals surface area contributed by atoms with Gasteiger partial charge in [-0.2, -0.15) is 0 Å². The summed E-state index contributed by atoms with van der Waals surface area (Å²) in [5, 5.41) is 4.48. The van der Waals surface area contributed by atoms with Gasteiger partial charge in [0.15, 0.2) is 0 Å². The number of aliphatic imine (C=N–C) groups is 1. The Morgan fingerprint density at radius 1 is 0.453 bits per heavy atom. The third-order valence-corrected chi connectivity index (χ3v) is 10.6. The van der Waals surface area contributed by atoms with E-state index in [1.807, 2.05) is 24.3 Å². The molecule has 3 nitrogen and oxygen atoms in total. The van der Waals surface area contributed by atoms with Crippen molar-refractivity contribution in [3.05, 3.63) is 192 Å². The van der Waals surface area contributed by atoms with Crippen molar-refractivity contribution in [3.8, 4) is 22.3 Å². The molecule has 53 heavy (non-hydrogen) atoms. The number of nitrogens with zero attached hydrogens (tertiary/aromatic N) is 1. The molecule has 10 rings (SSSR count). The van der Waals surface area contributed by atoms with Crippen molar-refractivity contribution < 1.29 is 8.83 Å². The van der Waals surface area contributed by atoms with Crippen molar-refractivity contribution in [2.24, 2.45) is 4.99 Å². The molecule has 0 bridgehead atoms. The number of hydrogen-bond donors (Lipinski definition) is 0. The number of rotatable bonds is 6. The van der Waals surface area contributed by atoms with Crippen molar-refractivity contribution in [2.45, 2.75) is 19.8 Å². The van der Waals surface area contributed by atoms with E-state index in [-0.39, 0.29) is 0 Å². The van der Waals surface area contributed by atoms with E-state index in [0.717, 1.165) is 95.9 Å². The minimum Gasteiger partial charge on any atom is -0.456 e. The molecule has 0 amide bonds. The fraction of sp³-hybridized carbons (Fsp3) is 0.0600. The van der Waals surface area contributed by atoms with Crippen LogP contribution in [0.15, 0.2) is 189 Å². The highest BCUT2D eigenvalue weighted by molar-refractivity contribution is 6.10. The number of fused-ring (bicyclic) bond motifs is 6. The van der Waals surface area contributed by atoms with Gasteiger partial charge in [-0.1, -0.05) is 134 Å². The zero-order chi connectivity index (χ0) is 35.3. The van der Waals surface area contributed by atoms with Crippen molar-refractivity contribution >= 4 is 60.9 Å². The van der Waals surface area contributed by atoms with E-state index in [1.54, 1.807) is 0 Å². The average molecular weight is 682 g/mol. The van der Waals surface area contributed by atoms with Gasteiger partial charge in [-0.15, -0.1) is 0 Å². The van der Waals surface area contributed by atoms with Crippen LogP contribution in [-0.2, 0) is 0 Å². The predicted octanol–water partition coefficient (Wildman–Crippen LogP) is 13.9. The van der Waals surface area contributed by atoms with Crippen LogP contribution in [0, 0.1) is 0 Å². The number of benzene rings is 7. The second-order valence-corrected chi connectivity index (χ2v) is 13.7. The quantitative estimate of drug-likeness (QED) is 0.175. The lowest BCUT2D eigenvalue weighted by atomic mass is 9.86. The fourth-order valence-corrected chi connectivity index (χ4v) is 7.89.